The van der Waals surface area contributed by atoms with Crippen LogP contribution in [0.2, 0.25) is 0 Å². The summed E-state index contributed by atoms with van der Waals surface area (Å²) >= 11 is 0. The molecule has 0 atom stereocenters. The van der Waals surface area contributed by atoms with Crippen molar-refractivity contribution < 1.29 is 30.9 Å². The SMILES string of the molecule is COc1cc(P(C)(C)=O)ccc1Nc1nccc(Nc2ccccc2S(=O)(=O)C(C)C)c1C(F)(F)F. The van der Waals surface area contributed by atoms with E-state index in [0.717, 1.165) is 6.07 Å². The maximum atomic E-state index is 14.3. The average molecular weight is 542 g/mol. The molecule has 0 bridgehead atoms. The van der Waals surface area contributed by atoms with Crippen molar-refractivity contribution in [2.75, 3.05) is 31.1 Å². The van der Waals surface area contributed by atoms with Crippen LogP contribution in [0.3, 0.4) is 0 Å². The lowest BCUT2D eigenvalue weighted by atomic mass is 10.1. The summed E-state index contributed by atoms with van der Waals surface area (Å²) in [4.78, 5) is 3.78. The smallest absolute Gasteiger partial charge is 0.421 e. The molecule has 0 saturated carbocycles. The Morgan fingerprint density at radius 3 is 2.22 bits per heavy atom. The second-order valence-corrected chi connectivity index (χ2v) is 14.3. The summed E-state index contributed by atoms with van der Waals surface area (Å²) in [6, 6.07) is 11.4. The van der Waals surface area contributed by atoms with Crippen molar-refractivity contribution >= 4 is 45.2 Å². The van der Waals surface area contributed by atoms with Gasteiger partial charge in [0.2, 0.25) is 0 Å². The molecule has 2 N–H and O–H groups in total. The van der Waals surface area contributed by atoms with Gasteiger partial charge in [0.25, 0.3) is 0 Å². The topological polar surface area (TPSA) is 97.4 Å². The number of aromatic nitrogens is 1. The number of para-hydroxylation sites is 1. The molecule has 3 aromatic rings. The minimum absolute atomic E-state index is 0.0115. The summed E-state index contributed by atoms with van der Waals surface area (Å²) in [5.41, 5.74) is -1.30. The van der Waals surface area contributed by atoms with Gasteiger partial charge in [-0.2, -0.15) is 13.2 Å². The fraction of sp³-hybridized carbons (Fsp3) is 0.292. The fourth-order valence-electron chi connectivity index (χ4n) is 3.41. The van der Waals surface area contributed by atoms with Crippen molar-refractivity contribution in [2.24, 2.45) is 0 Å². The predicted molar refractivity (Wildman–Crippen MR) is 137 cm³/mol. The molecule has 0 amide bonds. The van der Waals surface area contributed by atoms with Crippen LogP contribution in [0, 0.1) is 0 Å². The second kappa shape index (κ2) is 10.1. The van der Waals surface area contributed by atoms with E-state index < -0.39 is 39.8 Å². The number of methoxy groups -OCH3 is 1. The van der Waals surface area contributed by atoms with Crippen molar-refractivity contribution in [3.8, 4) is 5.75 Å². The van der Waals surface area contributed by atoms with Crippen LogP contribution in [0.5, 0.6) is 5.75 Å². The summed E-state index contributed by atoms with van der Waals surface area (Å²) in [6.07, 6.45) is -3.67. The van der Waals surface area contributed by atoms with Crippen molar-refractivity contribution in [3.63, 3.8) is 0 Å². The molecule has 194 valence electrons. The first-order chi connectivity index (χ1) is 16.7. The van der Waals surface area contributed by atoms with E-state index >= 15 is 0 Å². The molecule has 1 heterocycles. The molecule has 0 unspecified atom stereocenters. The summed E-state index contributed by atoms with van der Waals surface area (Å²) < 4.78 is 86.1. The lowest BCUT2D eigenvalue weighted by Crippen LogP contribution is -2.17. The molecule has 7 nitrogen and oxygen atoms in total. The highest BCUT2D eigenvalue weighted by molar-refractivity contribution is 7.92. The summed E-state index contributed by atoms with van der Waals surface area (Å²) in [6.45, 7) is 6.14. The average Bonchev–Trinajstić information content (AvgIpc) is 2.78. The van der Waals surface area contributed by atoms with E-state index in [-0.39, 0.29) is 27.7 Å². The van der Waals surface area contributed by atoms with Gasteiger partial charge in [0.05, 0.1) is 34.3 Å². The summed E-state index contributed by atoms with van der Waals surface area (Å²) in [7, 11) is -5.06. The number of anilines is 4. The number of rotatable bonds is 8. The largest absolute Gasteiger partial charge is 0.495 e. The van der Waals surface area contributed by atoms with Crippen molar-refractivity contribution in [1.29, 1.82) is 0 Å². The van der Waals surface area contributed by atoms with Gasteiger partial charge in [-0.05, 0) is 63.6 Å². The zero-order chi connectivity index (χ0) is 26.9. The highest BCUT2D eigenvalue weighted by atomic mass is 32.2. The standard InChI is InChI=1S/C24H27F3N3O4PS/c1-15(2)36(32,33)21-9-7-6-8-18(21)29-19-12-13-28-23(22(19)24(25,26)27)30-17-11-10-16(35(4,5)31)14-20(17)34-3/h6-15H,1-5H3,(H2,28,29,30). The third-order valence-electron chi connectivity index (χ3n) is 5.38. The Labute approximate surface area is 208 Å². The highest BCUT2D eigenvalue weighted by Crippen LogP contribution is 2.43. The Morgan fingerprint density at radius 2 is 1.64 bits per heavy atom. The summed E-state index contributed by atoms with van der Waals surface area (Å²) in [5, 5.41) is 5.05. The first-order valence-corrected chi connectivity index (χ1v) is 15.0. The van der Waals surface area contributed by atoms with E-state index in [1.165, 1.54) is 63.6 Å². The maximum absolute atomic E-state index is 14.3. The highest BCUT2D eigenvalue weighted by Gasteiger charge is 2.38. The molecule has 2 aromatic carbocycles. The second-order valence-electron chi connectivity index (χ2n) is 8.66. The molecule has 1 aromatic heterocycles. The zero-order valence-corrected chi connectivity index (χ0v) is 22.1. The first-order valence-electron chi connectivity index (χ1n) is 10.8. The van der Waals surface area contributed by atoms with E-state index in [4.69, 9.17) is 4.74 Å². The number of halogens is 3. The molecule has 0 aliphatic carbocycles. The van der Waals surface area contributed by atoms with Gasteiger partial charge in [-0.15, -0.1) is 0 Å². The number of nitrogens with zero attached hydrogens (tertiary/aromatic N) is 1. The van der Waals surface area contributed by atoms with Crippen LogP contribution in [-0.2, 0) is 20.6 Å². The predicted octanol–water partition coefficient (Wildman–Crippen LogP) is 6.03. The number of hydrogen-bond donors (Lipinski definition) is 2. The molecule has 3 rings (SSSR count). The normalized spacial score (nSPS) is 12.5. The number of sulfone groups is 1. The maximum Gasteiger partial charge on any atom is 0.421 e. The zero-order valence-electron chi connectivity index (χ0n) is 20.3. The van der Waals surface area contributed by atoms with Crippen LogP contribution in [0.25, 0.3) is 0 Å². The molecule has 0 radical (unpaired) electrons. The Hall–Kier alpha value is -3.04. The minimum atomic E-state index is -4.85. The molecule has 0 aliphatic rings. The van der Waals surface area contributed by atoms with Gasteiger partial charge in [0.15, 0.2) is 9.84 Å². The van der Waals surface area contributed by atoms with Crippen LogP contribution < -0.4 is 20.7 Å². The van der Waals surface area contributed by atoms with Crippen molar-refractivity contribution in [1.82, 2.24) is 4.98 Å². The van der Waals surface area contributed by atoms with Gasteiger partial charge in [-0.25, -0.2) is 13.4 Å². The van der Waals surface area contributed by atoms with E-state index in [9.17, 15) is 26.2 Å². The molecule has 0 spiro atoms. The monoisotopic (exact) mass is 541 g/mol. The Bertz CT molecular complexity index is 1420. The minimum Gasteiger partial charge on any atom is -0.495 e. The van der Waals surface area contributed by atoms with Crippen LogP contribution in [-0.4, -0.2) is 39.1 Å². The Balaban J connectivity index is 2.11. The molecular weight excluding hydrogens is 514 g/mol. The lowest BCUT2D eigenvalue weighted by molar-refractivity contribution is -0.136. The fourth-order valence-corrected chi connectivity index (χ4v) is 5.47. The van der Waals surface area contributed by atoms with Gasteiger partial charge < -0.3 is 19.9 Å². The van der Waals surface area contributed by atoms with Crippen LogP contribution in [0.4, 0.5) is 36.1 Å². The Morgan fingerprint density at radius 1 is 0.972 bits per heavy atom. The third kappa shape index (κ3) is 5.84. The quantitative estimate of drug-likeness (QED) is 0.336. The van der Waals surface area contributed by atoms with E-state index in [2.05, 4.69) is 15.6 Å². The van der Waals surface area contributed by atoms with E-state index in [1.54, 1.807) is 19.4 Å². The summed E-state index contributed by atoms with van der Waals surface area (Å²) in [5.74, 6) is -0.322. The Kier molecular flexibility index (Phi) is 7.76. The van der Waals surface area contributed by atoms with Gasteiger partial charge >= 0.3 is 6.18 Å². The molecule has 0 aliphatic heterocycles. The van der Waals surface area contributed by atoms with Gasteiger partial charge in [-0.3, -0.25) is 0 Å². The number of nitrogens with one attached hydrogen (secondary N) is 2. The number of hydrogen-bond acceptors (Lipinski definition) is 7. The van der Waals surface area contributed by atoms with Crippen LogP contribution in [0.15, 0.2) is 59.6 Å². The van der Waals surface area contributed by atoms with Gasteiger partial charge in [0, 0.05) is 11.5 Å². The number of ether oxygens (including phenoxy) is 1. The van der Waals surface area contributed by atoms with Crippen LogP contribution in [0.1, 0.15) is 19.4 Å². The molecule has 36 heavy (non-hydrogen) atoms. The molecule has 0 fully saturated rings. The molecule has 0 saturated heterocycles. The van der Waals surface area contributed by atoms with E-state index in [0.29, 0.717) is 5.30 Å². The number of benzene rings is 2. The first kappa shape index (κ1) is 27.5. The lowest BCUT2D eigenvalue weighted by Gasteiger charge is -2.21. The molecule has 12 heteroatoms. The van der Waals surface area contributed by atoms with E-state index in [1.807, 2.05) is 0 Å². The number of alkyl halides is 3. The van der Waals surface area contributed by atoms with Gasteiger partial charge in [-0.1, -0.05) is 12.1 Å². The van der Waals surface area contributed by atoms with Crippen LogP contribution >= 0.6 is 7.14 Å². The third-order valence-corrected chi connectivity index (χ3v) is 9.11. The van der Waals surface area contributed by atoms with Crippen molar-refractivity contribution in [3.05, 3.63) is 60.3 Å². The molecular formula is C24H27F3N3O4PS. The van der Waals surface area contributed by atoms with Gasteiger partial charge in [0.1, 0.15) is 24.3 Å². The number of pyridine rings is 1. The van der Waals surface area contributed by atoms with Crippen molar-refractivity contribution in [2.45, 2.75) is 30.2 Å².